The van der Waals surface area contributed by atoms with E-state index in [1.165, 1.54) is 0 Å². The van der Waals surface area contributed by atoms with Gasteiger partial charge in [0.15, 0.2) is 0 Å². The standard InChI is InChI=1S/C10H15BrN2O2/c1-2-8(11)10-13-12-9(15-10)7-4-3-5-14-6-7/h7-8H,2-6H2,1H3. The van der Waals surface area contributed by atoms with Gasteiger partial charge in [0.2, 0.25) is 11.8 Å². The maximum absolute atomic E-state index is 5.63. The van der Waals surface area contributed by atoms with E-state index in [1.54, 1.807) is 0 Å². The van der Waals surface area contributed by atoms with Crippen molar-refractivity contribution in [1.82, 2.24) is 10.2 Å². The number of ether oxygens (including phenoxy) is 1. The molecule has 0 N–H and O–H groups in total. The molecule has 4 nitrogen and oxygen atoms in total. The van der Waals surface area contributed by atoms with Crippen LogP contribution in [0, 0.1) is 0 Å². The summed E-state index contributed by atoms with van der Waals surface area (Å²) in [5.41, 5.74) is 0. The molecule has 1 aliphatic rings. The summed E-state index contributed by atoms with van der Waals surface area (Å²) in [5.74, 6) is 1.69. The van der Waals surface area contributed by atoms with E-state index in [9.17, 15) is 0 Å². The summed E-state index contributed by atoms with van der Waals surface area (Å²) in [6, 6.07) is 0. The molecule has 0 spiro atoms. The molecule has 0 bridgehead atoms. The van der Waals surface area contributed by atoms with E-state index in [2.05, 4.69) is 33.1 Å². The predicted octanol–water partition coefficient (Wildman–Crippen LogP) is 2.81. The first-order chi connectivity index (χ1) is 7.31. The molecule has 2 heterocycles. The van der Waals surface area contributed by atoms with Crippen molar-refractivity contribution in [2.24, 2.45) is 0 Å². The monoisotopic (exact) mass is 274 g/mol. The minimum Gasteiger partial charge on any atom is -0.424 e. The molecule has 0 amide bonds. The van der Waals surface area contributed by atoms with Gasteiger partial charge in [0.05, 0.1) is 17.4 Å². The van der Waals surface area contributed by atoms with Gasteiger partial charge in [-0.1, -0.05) is 22.9 Å². The Morgan fingerprint density at radius 1 is 1.53 bits per heavy atom. The van der Waals surface area contributed by atoms with E-state index in [1.807, 2.05) is 0 Å². The molecule has 2 rings (SSSR count). The number of aromatic nitrogens is 2. The van der Waals surface area contributed by atoms with E-state index >= 15 is 0 Å². The molecule has 84 valence electrons. The van der Waals surface area contributed by atoms with Gasteiger partial charge >= 0.3 is 0 Å². The second-order valence-corrected chi connectivity index (χ2v) is 4.87. The Hall–Kier alpha value is -0.420. The second kappa shape index (κ2) is 5.07. The van der Waals surface area contributed by atoms with Gasteiger partial charge in [0.25, 0.3) is 0 Å². The Balaban J connectivity index is 2.05. The maximum atomic E-state index is 5.63. The van der Waals surface area contributed by atoms with Gasteiger partial charge in [-0.3, -0.25) is 0 Å². The van der Waals surface area contributed by atoms with Crippen LogP contribution in [0.25, 0.3) is 0 Å². The SMILES string of the molecule is CCC(Br)c1nnc(C2CCCOC2)o1. The Morgan fingerprint density at radius 2 is 2.40 bits per heavy atom. The molecule has 0 aromatic carbocycles. The maximum Gasteiger partial charge on any atom is 0.230 e. The number of hydrogen-bond donors (Lipinski definition) is 0. The third-order valence-corrected chi connectivity index (χ3v) is 3.63. The van der Waals surface area contributed by atoms with Crippen molar-refractivity contribution < 1.29 is 9.15 Å². The highest BCUT2D eigenvalue weighted by Crippen LogP contribution is 2.29. The van der Waals surface area contributed by atoms with Gasteiger partial charge in [-0.15, -0.1) is 10.2 Å². The van der Waals surface area contributed by atoms with Gasteiger partial charge < -0.3 is 9.15 Å². The van der Waals surface area contributed by atoms with Crippen LogP contribution in [0.4, 0.5) is 0 Å². The minimum absolute atomic E-state index is 0.170. The zero-order valence-corrected chi connectivity index (χ0v) is 10.4. The van der Waals surface area contributed by atoms with Gasteiger partial charge in [-0.2, -0.15) is 0 Å². The summed E-state index contributed by atoms with van der Waals surface area (Å²) < 4.78 is 11.0. The molecule has 1 aliphatic heterocycles. The van der Waals surface area contributed by atoms with E-state index in [0.29, 0.717) is 12.5 Å². The Morgan fingerprint density at radius 3 is 3.07 bits per heavy atom. The Labute approximate surface area is 97.5 Å². The number of alkyl halides is 1. The largest absolute Gasteiger partial charge is 0.424 e. The summed E-state index contributed by atoms with van der Waals surface area (Å²) in [6.45, 7) is 3.64. The first kappa shape index (κ1) is 11.1. The zero-order chi connectivity index (χ0) is 10.7. The highest BCUT2D eigenvalue weighted by Gasteiger charge is 2.23. The van der Waals surface area contributed by atoms with Crippen molar-refractivity contribution in [1.29, 1.82) is 0 Å². The third-order valence-electron chi connectivity index (χ3n) is 2.59. The summed E-state index contributed by atoms with van der Waals surface area (Å²) in [5, 5.41) is 8.13. The normalized spacial score (nSPS) is 24.0. The lowest BCUT2D eigenvalue weighted by atomic mass is 10.0. The van der Waals surface area contributed by atoms with Crippen molar-refractivity contribution in [3.05, 3.63) is 11.8 Å². The molecule has 2 unspecified atom stereocenters. The van der Waals surface area contributed by atoms with E-state index < -0.39 is 0 Å². The third kappa shape index (κ3) is 2.58. The highest BCUT2D eigenvalue weighted by atomic mass is 79.9. The van der Waals surface area contributed by atoms with Crippen LogP contribution in [0.3, 0.4) is 0 Å². The Kier molecular flexibility index (Phi) is 3.75. The smallest absolute Gasteiger partial charge is 0.230 e. The van der Waals surface area contributed by atoms with Crippen LogP contribution in [0.5, 0.6) is 0 Å². The number of nitrogens with zero attached hydrogens (tertiary/aromatic N) is 2. The fourth-order valence-electron chi connectivity index (χ4n) is 1.65. The molecule has 15 heavy (non-hydrogen) atoms. The van der Waals surface area contributed by atoms with Crippen LogP contribution in [0.2, 0.25) is 0 Å². The molecule has 1 saturated heterocycles. The average Bonchev–Trinajstić information content (AvgIpc) is 2.78. The molecule has 1 aromatic heterocycles. The van der Waals surface area contributed by atoms with Gasteiger partial charge in [0.1, 0.15) is 0 Å². The quantitative estimate of drug-likeness (QED) is 0.796. The topological polar surface area (TPSA) is 48.2 Å². The molecule has 2 atom stereocenters. The summed E-state index contributed by atoms with van der Waals surface area (Å²) >= 11 is 3.49. The fourth-order valence-corrected chi connectivity index (χ4v) is 1.83. The molecule has 0 saturated carbocycles. The van der Waals surface area contributed by atoms with Gasteiger partial charge in [-0.25, -0.2) is 0 Å². The molecule has 1 aromatic rings. The average molecular weight is 275 g/mol. The van der Waals surface area contributed by atoms with Crippen LogP contribution in [-0.2, 0) is 4.74 Å². The Bertz CT molecular complexity index is 310. The lowest BCUT2D eigenvalue weighted by molar-refractivity contribution is 0.0721. The van der Waals surface area contributed by atoms with Crippen molar-refractivity contribution in [3.63, 3.8) is 0 Å². The van der Waals surface area contributed by atoms with Gasteiger partial charge in [0, 0.05) is 6.61 Å². The highest BCUT2D eigenvalue weighted by molar-refractivity contribution is 9.09. The van der Waals surface area contributed by atoms with Crippen molar-refractivity contribution in [2.45, 2.75) is 36.9 Å². The molecular weight excluding hydrogens is 260 g/mol. The van der Waals surface area contributed by atoms with Crippen LogP contribution in [-0.4, -0.2) is 23.4 Å². The first-order valence-electron chi connectivity index (χ1n) is 5.36. The summed E-state index contributed by atoms with van der Waals surface area (Å²) in [7, 11) is 0. The van der Waals surface area contributed by atoms with Crippen LogP contribution >= 0.6 is 15.9 Å². The summed E-state index contributed by atoms with van der Waals surface area (Å²) in [4.78, 5) is 0.170. The lowest BCUT2D eigenvalue weighted by Gasteiger charge is -2.18. The van der Waals surface area contributed by atoms with Crippen LogP contribution < -0.4 is 0 Å². The molecule has 0 radical (unpaired) electrons. The van der Waals surface area contributed by atoms with Crippen molar-refractivity contribution >= 4 is 15.9 Å². The van der Waals surface area contributed by atoms with Crippen molar-refractivity contribution in [3.8, 4) is 0 Å². The van der Waals surface area contributed by atoms with Crippen molar-refractivity contribution in [2.75, 3.05) is 13.2 Å². The van der Waals surface area contributed by atoms with Crippen LogP contribution in [0.1, 0.15) is 48.7 Å². The fraction of sp³-hybridized carbons (Fsp3) is 0.800. The second-order valence-electron chi connectivity index (χ2n) is 3.77. The number of halogens is 1. The van der Waals surface area contributed by atoms with E-state index in [0.717, 1.165) is 31.8 Å². The molecule has 0 aliphatic carbocycles. The number of hydrogen-bond acceptors (Lipinski definition) is 4. The molecular formula is C10H15BrN2O2. The van der Waals surface area contributed by atoms with E-state index in [4.69, 9.17) is 9.15 Å². The molecule has 1 fully saturated rings. The van der Waals surface area contributed by atoms with E-state index in [-0.39, 0.29) is 10.7 Å². The minimum atomic E-state index is 0.170. The number of rotatable bonds is 3. The predicted molar refractivity (Wildman–Crippen MR) is 59.1 cm³/mol. The van der Waals surface area contributed by atoms with Gasteiger partial charge in [-0.05, 0) is 19.3 Å². The lowest BCUT2D eigenvalue weighted by Crippen LogP contribution is -2.15. The summed E-state index contributed by atoms with van der Waals surface area (Å²) in [6.07, 6.45) is 3.11. The first-order valence-corrected chi connectivity index (χ1v) is 6.28. The zero-order valence-electron chi connectivity index (χ0n) is 8.78. The molecule has 5 heteroatoms. The van der Waals surface area contributed by atoms with Crippen LogP contribution in [0.15, 0.2) is 4.42 Å².